The summed E-state index contributed by atoms with van der Waals surface area (Å²) in [7, 11) is 0. The highest BCUT2D eigenvalue weighted by atomic mass is 35.5. The van der Waals surface area contributed by atoms with E-state index in [1.807, 2.05) is 6.26 Å². The monoisotopic (exact) mass is 322 g/mol. The van der Waals surface area contributed by atoms with Gasteiger partial charge in [0.2, 0.25) is 5.91 Å². The van der Waals surface area contributed by atoms with Gasteiger partial charge in [-0.05, 0) is 19.1 Å². The van der Waals surface area contributed by atoms with E-state index in [9.17, 15) is 4.79 Å². The summed E-state index contributed by atoms with van der Waals surface area (Å²) in [5, 5.41) is 3.44. The molecule has 0 aromatic heterocycles. The predicted molar refractivity (Wildman–Crippen MR) is 86.4 cm³/mol. The zero-order valence-electron chi connectivity index (χ0n) is 12.8. The molecule has 0 aromatic carbocycles. The molecule has 0 radical (unpaired) electrons. The molecule has 1 aliphatic carbocycles. The quantitative estimate of drug-likeness (QED) is 0.828. The average Bonchev–Trinajstić information content (AvgIpc) is 2.43. The fraction of sp³-hybridized carbons (Fsp3) is 0.929. The van der Waals surface area contributed by atoms with Crippen LogP contribution in [0.4, 0.5) is 0 Å². The fourth-order valence-electron chi connectivity index (χ4n) is 3.50. The first-order valence-electron chi connectivity index (χ1n) is 7.07. The number of carbonyl (C=O) groups excluding carboxylic acids is 1. The summed E-state index contributed by atoms with van der Waals surface area (Å²) in [5.74, 6) is 0.158. The summed E-state index contributed by atoms with van der Waals surface area (Å²) < 4.78 is 5.82. The number of nitrogens with two attached hydrogens (primary N) is 1. The number of fused-ring (bicyclic) bond motifs is 1. The van der Waals surface area contributed by atoms with Gasteiger partial charge < -0.3 is 15.8 Å². The first-order valence-corrected chi connectivity index (χ1v) is 8.36. The highest BCUT2D eigenvalue weighted by molar-refractivity contribution is 7.99. The summed E-state index contributed by atoms with van der Waals surface area (Å²) in [5.41, 5.74) is 5.44. The molecular weight excluding hydrogens is 296 g/mol. The van der Waals surface area contributed by atoms with Crippen molar-refractivity contribution in [3.63, 3.8) is 0 Å². The van der Waals surface area contributed by atoms with Crippen molar-refractivity contribution in [2.24, 2.45) is 17.1 Å². The topological polar surface area (TPSA) is 64.4 Å². The van der Waals surface area contributed by atoms with Gasteiger partial charge in [-0.1, -0.05) is 20.8 Å². The first kappa shape index (κ1) is 18.1. The highest BCUT2D eigenvalue weighted by Crippen LogP contribution is 2.57. The number of amides is 1. The summed E-state index contributed by atoms with van der Waals surface area (Å²) in [6, 6.07) is 0. The maximum atomic E-state index is 12.5. The molecule has 4 nitrogen and oxygen atoms in total. The lowest BCUT2D eigenvalue weighted by molar-refractivity contribution is -0.225. The van der Waals surface area contributed by atoms with Crippen LogP contribution in [-0.4, -0.2) is 42.2 Å². The SMILES string of the molecule is CSC(C)CNC(=O)C1(N)C2CCCOC2C1(C)C.Cl. The van der Waals surface area contributed by atoms with Crippen LogP contribution in [0.25, 0.3) is 0 Å². The number of hydrogen-bond acceptors (Lipinski definition) is 4. The molecular formula is C14H27ClN2O2S. The average molecular weight is 323 g/mol. The lowest BCUT2D eigenvalue weighted by Crippen LogP contribution is -2.82. The van der Waals surface area contributed by atoms with Gasteiger partial charge in [-0.15, -0.1) is 12.4 Å². The van der Waals surface area contributed by atoms with Gasteiger partial charge in [-0.2, -0.15) is 11.8 Å². The second-order valence-corrected chi connectivity index (χ2v) is 7.66. The highest BCUT2D eigenvalue weighted by Gasteiger charge is 2.70. The van der Waals surface area contributed by atoms with E-state index in [2.05, 4.69) is 26.1 Å². The minimum Gasteiger partial charge on any atom is -0.377 e. The molecule has 2 rings (SSSR count). The number of rotatable bonds is 4. The van der Waals surface area contributed by atoms with Crippen molar-refractivity contribution in [1.82, 2.24) is 5.32 Å². The Morgan fingerprint density at radius 2 is 2.20 bits per heavy atom. The van der Waals surface area contributed by atoms with Crippen molar-refractivity contribution in [3.8, 4) is 0 Å². The van der Waals surface area contributed by atoms with Crippen LogP contribution in [0.1, 0.15) is 33.6 Å². The molecule has 1 aliphatic heterocycles. The van der Waals surface area contributed by atoms with E-state index in [1.54, 1.807) is 11.8 Å². The minimum atomic E-state index is -0.782. The van der Waals surface area contributed by atoms with Crippen LogP contribution in [0.3, 0.4) is 0 Å². The van der Waals surface area contributed by atoms with Crippen molar-refractivity contribution < 1.29 is 9.53 Å². The summed E-state index contributed by atoms with van der Waals surface area (Å²) >= 11 is 1.75. The van der Waals surface area contributed by atoms with E-state index in [-0.39, 0.29) is 35.8 Å². The largest absolute Gasteiger partial charge is 0.377 e. The Morgan fingerprint density at radius 1 is 1.55 bits per heavy atom. The van der Waals surface area contributed by atoms with Crippen molar-refractivity contribution in [1.29, 1.82) is 0 Å². The molecule has 0 bridgehead atoms. The van der Waals surface area contributed by atoms with Crippen LogP contribution in [0.2, 0.25) is 0 Å². The van der Waals surface area contributed by atoms with E-state index in [4.69, 9.17) is 10.5 Å². The summed E-state index contributed by atoms with van der Waals surface area (Å²) in [6.45, 7) is 7.68. The van der Waals surface area contributed by atoms with Crippen LogP contribution < -0.4 is 11.1 Å². The molecule has 3 N–H and O–H groups in total. The first-order chi connectivity index (χ1) is 8.85. The number of carbonyl (C=O) groups is 1. The Kier molecular flexibility index (Phi) is 5.81. The molecule has 0 aromatic rings. The Bertz CT molecular complexity index is 367. The standard InChI is InChI=1S/C14H26N2O2S.ClH/c1-9(19-4)8-16-12(17)14(15)10-6-5-7-18-11(10)13(14,2)3;/h9-11H,5-8,15H2,1-4H3,(H,16,17);1H. The number of ether oxygens (including phenoxy) is 1. The molecule has 1 saturated heterocycles. The molecule has 4 atom stereocenters. The van der Waals surface area contributed by atoms with Crippen LogP contribution >= 0.6 is 24.2 Å². The Balaban J connectivity index is 0.00000200. The van der Waals surface area contributed by atoms with Crippen LogP contribution in [0.5, 0.6) is 0 Å². The zero-order valence-corrected chi connectivity index (χ0v) is 14.4. The Morgan fingerprint density at radius 3 is 2.80 bits per heavy atom. The zero-order chi connectivity index (χ0) is 14.3. The van der Waals surface area contributed by atoms with Crippen molar-refractivity contribution in [2.75, 3.05) is 19.4 Å². The normalized spacial score (nSPS) is 36.0. The van der Waals surface area contributed by atoms with E-state index in [1.165, 1.54) is 0 Å². The molecule has 4 unspecified atom stereocenters. The van der Waals surface area contributed by atoms with Crippen molar-refractivity contribution in [3.05, 3.63) is 0 Å². The number of nitrogens with one attached hydrogen (secondary N) is 1. The molecule has 6 heteroatoms. The molecule has 118 valence electrons. The predicted octanol–water partition coefficient (Wildman–Crippen LogP) is 1.81. The lowest BCUT2D eigenvalue weighted by Gasteiger charge is -2.65. The smallest absolute Gasteiger partial charge is 0.241 e. The van der Waals surface area contributed by atoms with Crippen molar-refractivity contribution >= 4 is 30.1 Å². The molecule has 1 saturated carbocycles. The van der Waals surface area contributed by atoms with E-state index < -0.39 is 5.54 Å². The fourth-order valence-corrected chi connectivity index (χ4v) is 3.75. The van der Waals surface area contributed by atoms with Gasteiger partial charge in [-0.25, -0.2) is 0 Å². The van der Waals surface area contributed by atoms with E-state index in [0.717, 1.165) is 19.4 Å². The number of thioether (sulfide) groups is 1. The summed E-state index contributed by atoms with van der Waals surface area (Å²) in [6.07, 6.45) is 4.18. The van der Waals surface area contributed by atoms with Gasteiger partial charge in [0, 0.05) is 29.7 Å². The molecule has 20 heavy (non-hydrogen) atoms. The summed E-state index contributed by atoms with van der Waals surface area (Å²) in [4.78, 5) is 12.5. The number of halogens is 1. The third-order valence-corrected chi connectivity index (χ3v) is 5.98. The number of hydrogen-bond donors (Lipinski definition) is 2. The Hall–Kier alpha value is 0.0300. The molecule has 0 spiro atoms. The van der Waals surface area contributed by atoms with Crippen LogP contribution in [0, 0.1) is 11.3 Å². The van der Waals surface area contributed by atoms with E-state index >= 15 is 0 Å². The van der Waals surface area contributed by atoms with Crippen molar-refractivity contribution in [2.45, 2.75) is 50.5 Å². The minimum absolute atomic E-state index is 0. The van der Waals surface area contributed by atoms with Crippen LogP contribution in [-0.2, 0) is 9.53 Å². The third kappa shape index (κ3) is 2.58. The maximum absolute atomic E-state index is 12.5. The lowest BCUT2D eigenvalue weighted by atomic mass is 9.46. The second-order valence-electron chi connectivity index (χ2n) is 6.39. The third-order valence-electron chi connectivity index (χ3n) is 5.01. The molecule has 1 heterocycles. The van der Waals surface area contributed by atoms with Gasteiger partial charge in [0.15, 0.2) is 0 Å². The van der Waals surface area contributed by atoms with Crippen LogP contribution in [0.15, 0.2) is 0 Å². The van der Waals surface area contributed by atoms with Gasteiger partial charge in [0.1, 0.15) is 5.54 Å². The maximum Gasteiger partial charge on any atom is 0.241 e. The second kappa shape index (κ2) is 6.42. The van der Waals surface area contributed by atoms with Gasteiger partial charge in [0.05, 0.1) is 6.10 Å². The Labute approximate surface area is 132 Å². The van der Waals surface area contributed by atoms with E-state index in [0.29, 0.717) is 11.8 Å². The van der Waals surface area contributed by atoms with Gasteiger partial charge >= 0.3 is 0 Å². The molecule has 1 amide bonds. The van der Waals surface area contributed by atoms with Gasteiger partial charge in [-0.3, -0.25) is 4.79 Å². The van der Waals surface area contributed by atoms with Gasteiger partial charge in [0.25, 0.3) is 0 Å². The molecule has 2 fully saturated rings. The molecule has 2 aliphatic rings.